The van der Waals surface area contributed by atoms with E-state index >= 15 is 0 Å². The Morgan fingerprint density at radius 1 is 1.00 bits per heavy atom. The molecule has 70 valence electrons. The molecule has 0 atom stereocenters. The number of rotatable bonds is 2. The number of benzene rings is 1. The monoisotopic (exact) mass is 266 g/mol. The Morgan fingerprint density at radius 3 is 2.43 bits per heavy atom. The van der Waals surface area contributed by atoms with Crippen LogP contribution in [0.5, 0.6) is 0 Å². The van der Waals surface area contributed by atoms with Gasteiger partial charge >= 0.3 is 0 Å². The summed E-state index contributed by atoms with van der Waals surface area (Å²) in [5.41, 5.74) is 0.863. The van der Waals surface area contributed by atoms with Crippen molar-refractivity contribution in [3.05, 3.63) is 46.3 Å². The molecule has 0 saturated carbocycles. The molecule has 0 bridgehead atoms. The van der Waals surface area contributed by atoms with E-state index in [0.717, 1.165) is 15.2 Å². The van der Waals surface area contributed by atoms with E-state index in [1.807, 2.05) is 41.8 Å². The van der Waals surface area contributed by atoms with E-state index < -0.39 is 0 Å². The molecule has 1 aromatic heterocycles. The molecule has 0 amide bonds. The van der Waals surface area contributed by atoms with E-state index in [1.54, 1.807) is 11.3 Å². The molecule has 0 spiro atoms. The van der Waals surface area contributed by atoms with Crippen molar-refractivity contribution in [1.29, 1.82) is 0 Å². The van der Waals surface area contributed by atoms with Crippen LogP contribution in [0.15, 0.2) is 56.5 Å². The standard InChI is InChI=1S/C10H7BrN2S/c11-8-3-5-9(6-4-8)12-13-10-2-1-7-14-10/h1-7H. The quantitative estimate of drug-likeness (QED) is 0.689. The maximum atomic E-state index is 4.10. The number of nitrogens with zero attached hydrogens (tertiary/aromatic N) is 2. The average molecular weight is 267 g/mol. The van der Waals surface area contributed by atoms with Crippen LogP contribution in [0, 0.1) is 0 Å². The highest BCUT2D eigenvalue weighted by atomic mass is 79.9. The lowest BCUT2D eigenvalue weighted by Crippen LogP contribution is -1.63. The van der Waals surface area contributed by atoms with Crippen molar-refractivity contribution in [1.82, 2.24) is 0 Å². The zero-order chi connectivity index (χ0) is 9.80. The summed E-state index contributed by atoms with van der Waals surface area (Å²) in [5.74, 6) is 0. The topological polar surface area (TPSA) is 24.7 Å². The lowest BCUT2D eigenvalue weighted by atomic mass is 10.3. The molecule has 0 radical (unpaired) electrons. The summed E-state index contributed by atoms with van der Waals surface area (Å²) >= 11 is 4.94. The molecule has 0 aliphatic carbocycles. The normalized spacial score (nSPS) is 10.9. The highest BCUT2D eigenvalue weighted by molar-refractivity contribution is 9.10. The summed E-state index contributed by atoms with van der Waals surface area (Å²) in [5, 5.41) is 11.1. The van der Waals surface area contributed by atoms with Gasteiger partial charge in [-0.15, -0.1) is 21.6 Å². The molecule has 2 aromatic rings. The average Bonchev–Trinajstić information content (AvgIpc) is 2.70. The minimum atomic E-state index is 0.863. The van der Waals surface area contributed by atoms with Crippen LogP contribution in [0.2, 0.25) is 0 Å². The van der Waals surface area contributed by atoms with Crippen molar-refractivity contribution in [3.8, 4) is 0 Å². The predicted molar refractivity (Wildman–Crippen MR) is 62.6 cm³/mol. The highest BCUT2D eigenvalue weighted by Crippen LogP contribution is 2.23. The predicted octanol–water partition coefficient (Wildman–Crippen LogP) is 4.93. The van der Waals surface area contributed by atoms with Gasteiger partial charge in [0.25, 0.3) is 0 Å². The highest BCUT2D eigenvalue weighted by Gasteiger charge is 1.90. The number of hydrogen-bond donors (Lipinski definition) is 0. The van der Waals surface area contributed by atoms with Crippen molar-refractivity contribution < 1.29 is 0 Å². The van der Waals surface area contributed by atoms with Gasteiger partial charge in [0.2, 0.25) is 0 Å². The largest absolute Gasteiger partial charge is 0.150 e. The molecular formula is C10H7BrN2S. The van der Waals surface area contributed by atoms with Crippen LogP contribution in [0.3, 0.4) is 0 Å². The second-order valence-corrected chi connectivity index (χ2v) is 4.47. The fraction of sp³-hybridized carbons (Fsp3) is 0. The zero-order valence-electron chi connectivity index (χ0n) is 7.22. The van der Waals surface area contributed by atoms with Gasteiger partial charge < -0.3 is 0 Å². The molecule has 0 aliphatic rings. The Balaban J connectivity index is 2.15. The molecule has 1 heterocycles. The third kappa shape index (κ3) is 2.49. The van der Waals surface area contributed by atoms with E-state index in [2.05, 4.69) is 26.2 Å². The van der Waals surface area contributed by atoms with E-state index in [-0.39, 0.29) is 0 Å². The Hall–Kier alpha value is -1.00. The molecule has 0 aliphatic heterocycles. The van der Waals surface area contributed by atoms with Crippen LogP contribution < -0.4 is 0 Å². The minimum absolute atomic E-state index is 0.863. The summed E-state index contributed by atoms with van der Waals surface area (Å²) in [7, 11) is 0. The Labute approximate surface area is 94.4 Å². The van der Waals surface area contributed by atoms with Gasteiger partial charge in [0, 0.05) is 4.47 Å². The molecule has 2 rings (SSSR count). The van der Waals surface area contributed by atoms with Gasteiger partial charge in [-0.25, -0.2) is 0 Å². The number of azo groups is 1. The van der Waals surface area contributed by atoms with Gasteiger partial charge in [-0.2, -0.15) is 0 Å². The van der Waals surface area contributed by atoms with Crippen molar-refractivity contribution in [2.75, 3.05) is 0 Å². The summed E-state index contributed by atoms with van der Waals surface area (Å²) in [6, 6.07) is 11.6. The summed E-state index contributed by atoms with van der Waals surface area (Å²) in [4.78, 5) is 0. The van der Waals surface area contributed by atoms with Crippen LogP contribution in [-0.2, 0) is 0 Å². The summed E-state index contributed by atoms with van der Waals surface area (Å²) in [6.07, 6.45) is 0. The maximum Gasteiger partial charge on any atom is 0.138 e. The van der Waals surface area contributed by atoms with E-state index in [1.165, 1.54) is 0 Å². The number of hydrogen-bond acceptors (Lipinski definition) is 3. The lowest BCUT2D eigenvalue weighted by molar-refractivity contribution is 1.25. The minimum Gasteiger partial charge on any atom is -0.150 e. The lowest BCUT2D eigenvalue weighted by Gasteiger charge is -1.91. The SMILES string of the molecule is Brc1ccc(N=Nc2cccs2)cc1. The molecule has 0 unspecified atom stereocenters. The molecular weight excluding hydrogens is 260 g/mol. The number of halogens is 1. The van der Waals surface area contributed by atoms with Gasteiger partial charge in [-0.05, 0) is 41.8 Å². The van der Waals surface area contributed by atoms with E-state index in [0.29, 0.717) is 0 Å². The molecule has 14 heavy (non-hydrogen) atoms. The van der Waals surface area contributed by atoms with Gasteiger partial charge in [0.15, 0.2) is 0 Å². The first kappa shape index (κ1) is 9.55. The Morgan fingerprint density at radius 2 is 1.79 bits per heavy atom. The Kier molecular flexibility index (Phi) is 3.06. The van der Waals surface area contributed by atoms with Crippen molar-refractivity contribution in [2.45, 2.75) is 0 Å². The maximum absolute atomic E-state index is 4.10. The van der Waals surface area contributed by atoms with Crippen LogP contribution in [0.1, 0.15) is 0 Å². The zero-order valence-corrected chi connectivity index (χ0v) is 9.62. The first-order chi connectivity index (χ1) is 6.84. The van der Waals surface area contributed by atoms with Crippen molar-refractivity contribution >= 4 is 38.0 Å². The molecule has 0 saturated heterocycles. The molecule has 0 fully saturated rings. The smallest absolute Gasteiger partial charge is 0.138 e. The summed E-state index contributed by atoms with van der Waals surface area (Å²) < 4.78 is 1.05. The molecule has 1 aromatic carbocycles. The van der Waals surface area contributed by atoms with Crippen LogP contribution in [0.4, 0.5) is 10.7 Å². The van der Waals surface area contributed by atoms with Gasteiger partial charge in [0.05, 0.1) is 5.69 Å². The first-order valence-electron chi connectivity index (χ1n) is 4.05. The molecule has 0 N–H and O–H groups in total. The molecule has 2 nitrogen and oxygen atoms in total. The van der Waals surface area contributed by atoms with Crippen LogP contribution in [-0.4, -0.2) is 0 Å². The Bertz CT molecular complexity index is 420. The van der Waals surface area contributed by atoms with Gasteiger partial charge in [0.1, 0.15) is 5.00 Å². The molecule has 4 heteroatoms. The third-order valence-corrected chi connectivity index (χ3v) is 2.88. The van der Waals surface area contributed by atoms with Crippen LogP contribution >= 0.6 is 27.3 Å². The van der Waals surface area contributed by atoms with Gasteiger partial charge in [-0.1, -0.05) is 15.9 Å². The second kappa shape index (κ2) is 4.48. The van der Waals surface area contributed by atoms with E-state index in [9.17, 15) is 0 Å². The number of thiophene rings is 1. The fourth-order valence-electron chi connectivity index (χ4n) is 0.942. The van der Waals surface area contributed by atoms with Crippen molar-refractivity contribution in [3.63, 3.8) is 0 Å². The van der Waals surface area contributed by atoms with E-state index in [4.69, 9.17) is 0 Å². The van der Waals surface area contributed by atoms with Crippen LogP contribution in [0.25, 0.3) is 0 Å². The third-order valence-electron chi connectivity index (χ3n) is 1.60. The second-order valence-electron chi connectivity index (χ2n) is 2.63. The first-order valence-corrected chi connectivity index (χ1v) is 5.73. The fourth-order valence-corrected chi connectivity index (χ4v) is 1.75. The van der Waals surface area contributed by atoms with Crippen molar-refractivity contribution in [2.24, 2.45) is 10.2 Å². The van der Waals surface area contributed by atoms with Gasteiger partial charge in [-0.3, -0.25) is 0 Å². The summed E-state index contributed by atoms with van der Waals surface area (Å²) in [6.45, 7) is 0.